The van der Waals surface area contributed by atoms with Gasteiger partial charge in [0.2, 0.25) is 53.2 Å². The van der Waals surface area contributed by atoms with Crippen LogP contribution in [-0.2, 0) is 79.1 Å². The Morgan fingerprint density at radius 3 is 1.92 bits per heavy atom. The lowest BCUT2D eigenvalue weighted by Crippen LogP contribution is -2.59. The normalized spacial score (nSPS) is 14.0. The van der Waals surface area contributed by atoms with Gasteiger partial charge in [-0.15, -0.1) is 0 Å². The molecule has 0 unspecified atom stereocenters. The van der Waals surface area contributed by atoms with Crippen molar-refractivity contribution in [2.24, 2.45) is 35.0 Å². The third-order valence-corrected chi connectivity index (χ3v) is 13.4. The number of carboxylic acids is 2. The summed E-state index contributed by atoms with van der Waals surface area (Å²) in [5.41, 5.74) is 25.7. The summed E-state index contributed by atoms with van der Waals surface area (Å²) >= 11 is 3.97. The van der Waals surface area contributed by atoms with Crippen LogP contribution in [0, 0.1) is 0 Å². The smallest absolute Gasteiger partial charge is 0.327 e. The van der Waals surface area contributed by atoms with Gasteiger partial charge in [-0.1, -0.05) is 36.4 Å². The molecule has 5 aromatic rings. The van der Waals surface area contributed by atoms with Crippen LogP contribution >= 0.6 is 12.6 Å². The largest absolute Gasteiger partial charge is 0.481 e. The number of nitrogens with zero attached hydrogens (tertiary/aromatic N) is 3. The van der Waals surface area contributed by atoms with Crippen LogP contribution in [0.15, 0.2) is 78.4 Å². The Morgan fingerprint density at radius 2 is 1.27 bits per heavy atom. The zero-order valence-electron chi connectivity index (χ0n) is 45.3. The Balaban J connectivity index is 1.28. The van der Waals surface area contributed by atoms with E-state index in [0.29, 0.717) is 22.2 Å². The van der Waals surface area contributed by atoms with Crippen LogP contribution in [0.4, 0.5) is 0 Å². The number of aromatic nitrogens is 4. The molecule has 446 valence electrons. The van der Waals surface area contributed by atoms with Crippen molar-refractivity contribution in [2.45, 2.75) is 107 Å². The number of amides is 9. The number of para-hydroxylation sites is 2. The number of rotatable bonds is 33. The van der Waals surface area contributed by atoms with E-state index >= 15 is 0 Å². The van der Waals surface area contributed by atoms with Gasteiger partial charge in [-0.25, -0.2) is 9.78 Å². The molecule has 31 heteroatoms. The highest BCUT2D eigenvalue weighted by Gasteiger charge is 2.34. The van der Waals surface area contributed by atoms with Crippen molar-refractivity contribution in [1.29, 1.82) is 0 Å². The minimum atomic E-state index is -1.89. The number of hydrogen-bond acceptors (Lipinski definition) is 15. The topological polar surface area (TPSA) is 490 Å². The number of primary amides is 1. The number of guanidine groups is 1. The van der Waals surface area contributed by atoms with Gasteiger partial charge in [0, 0.05) is 84.7 Å². The molecule has 0 bridgehead atoms. The highest BCUT2D eigenvalue weighted by atomic mass is 32.1. The summed E-state index contributed by atoms with van der Waals surface area (Å²) in [6.45, 7) is 0.519. The maximum absolute atomic E-state index is 14.1. The maximum atomic E-state index is 14.1. The van der Waals surface area contributed by atoms with Crippen LogP contribution in [0.3, 0.4) is 0 Å². The lowest BCUT2D eigenvalue weighted by atomic mass is 10.0. The molecule has 0 radical (unpaired) electrons. The van der Waals surface area contributed by atoms with E-state index < -0.39 is 133 Å². The summed E-state index contributed by atoms with van der Waals surface area (Å²) in [4.78, 5) is 159. The number of aromatic amines is 2. The van der Waals surface area contributed by atoms with E-state index in [0.717, 1.165) is 16.5 Å². The Bertz CT molecular complexity index is 3180. The highest BCUT2D eigenvalue weighted by molar-refractivity contribution is 7.80. The summed E-state index contributed by atoms with van der Waals surface area (Å²) in [5.74, 6) is -11.9. The molecule has 8 atom stereocenters. The van der Waals surface area contributed by atoms with Crippen molar-refractivity contribution in [3.8, 4) is 0 Å². The number of benzene rings is 2. The number of H-pyrrole nitrogens is 2. The second-order valence-electron chi connectivity index (χ2n) is 19.4. The van der Waals surface area contributed by atoms with Crippen LogP contribution in [0.5, 0.6) is 0 Å². The Labute approximate surface area is 479 Å². The fourth-order valence-corrected chi connectivity index (χ4v) is 8.93. The van der Waals surface area contributed by atoms with Gasteiger partial charge in [-0.2, -0.15) is 12.6 Å². The quantitative estimate of drug-likeness (QED) is 0.00826. The van der Waals surface area contributed by atoms with Crippen molar-refractivity contribution in [3.63, 3.8) is 0 Å². The molecule has 30 nitrogen and oxygen atoms in total. The van der Waals surface area contributed by atoms with E-state index in [4.69, 9.17) is 22.9 Å². The minimum Gasteiger partial charge on any atom is -0.481 e. The number of aliphatic carboxylic acids is 2. The number of carboxylic acid groups (broad SMARTS) is 2. The first-order valence-electron chi connectivity index (χ1n) is 26.0. The number of hydrogen-bond donors (Lipinski definition) is 17. The number of nitrogens with two attached hydrogens (primary N) is 4. The summed E-state index contributed by atoms with van der Waals surface area (Å²) in [5, 5.41) is 40.3. The Kier molecular flexibility index (Phi) is 23.9. The van der Waals surface area contributed by atoms with Gasteiger partial charge in [0.25, 0.3) is 0 Å². The van der Waals surface area contributed by atoms with Gasteiger partial charge in [0.05, 0.1) is 25.3 Å². The van der Waals surface area contributed by atoms with Crippen LogP contribution in [-0.4, -0.2) is 168 Å². The number of carbonyl (C=O) groups excluding carboxylic acids is 9. The van der Waals surface area contributed by atoms with Gasteiger partial charge in [-0.3, -0.25) is 52.9 Å². The molecule has 0 fully saturated rings. The average molecular weight is 1170 g/mol. The molecule has 0 saturated heterocycles. The average Bonchev–Trinajstić information content (AvgIpc) is 4.42. The van der Waals surface area contributed by atoms with Crippen LogP contribution in [0.2, 0.25) is 0 Å². The maximum Gasteiger partial charge on any atom is 0.327 e. The molecule has 0 aliphatic carbocycles. The number of nitrogens with one attached hydrogen (secondary N) is 10. The fraction of sp³-hybridized carbons (Fsp3) is 0.404. The Morgan fingerprint density at radius 1 is 0.675 bits per heavy atom. The van der Waals surface area contributed by atoms with Gasteiger partial charge in [0.1, 0.15) is 42.3 Å². The number of aliphatic imine (C=N–C) groups is 1. The van der Waals surface area contributed by atoms with Crippen molar-refractivity contribution in [3.05, 3.63) is 90.3 Å². The highest BCUT2D eigenvalue weighted by Crippen LogP contribution is 2.22. The molecular weight excluding hydrogens is 1100 g/mol. The standard InChI is InChI=1S/C52H69N17O13S/c1-26(44(74)65-37(18-29-21-57-25-61-29)49(79)64-34(11-7-15-58-52(55)56)47(77)68-39(24-83)51(81)82)62-42(71)22-60-46(76)36(17-27-20-59-33-10-5-3-8-30(27)33)66-50(80)38(19-43(72)73)67-48(78)35(13-14-41(54)70)63-45(75)32(53)16-28-23-69(2)40-12-6-4-9-31(28)40/h3-6,8-10,12,20-21,23,25-26,32,34-39,59,83H,7,11,13-19,22,24,53H2,1-2H3,(H2,54,70)(H,57,61)(H,60,76)(H,62,71)(H,63,75)(H,64,79)(H,65,74)(H,66,80)(H,67,78)(H,68,77)(H,72,73)(H,81,82)(H4,55,56,58)/t26-,32-,34-,35-,36-,37-,38-,39-/m0/s1. The molecule has 5 rings (SSSR count). The summed E-state index contributed by atoms with van der Waals surface area (Å²) < 4.78 is 1.86. The van der Waals surface area contributed by atoms with Gasteiger partial charge in [0.15, 0.2) is 5.96 Å². The predicted molar refractivity (Wildman–Crippen MR) is 303 cm³/mol. The summed E-state index contributed by atoms with van der Waals surface area (Å²) in [7, 11) is 1.82. The van der Waals surface area contributed by atoms with E-state index in [-0.39, 0.29) is 56.8 Å². The molecule has 0 aliphatic heterocycles. The molecule has 9 amide bonds. The third kappa shape index (κ3) is 19.6. The second-order valence-corrected chi connectivity index (χ2v) is 19.7. The number of aryl methyl sites for hydroxylation is 1. The molecular formula is C52H69N17O13S. The molecule has 0 spiro atoms. The van der Waals surface area contributed by atoms with Crippen molar-refractivity contribution in [1.82, 2.24) is 62.1 Å². The fourth-order valence-electron chi connectivity index (χ4n) is 8.68. The molecule has 0 saturated carbocycles. The van der Waals surface area contributed by atoms with Gasteiger partial charge in [-0.05, 0) is 55.9 Å². The molecule has 2 aromatic carbocycles. The zero-order chi connectivity index (χ0) is 60.9. The first-order valence-corrected chi connectivity index (χ1v) is 26.7. The first-order chi connectivity index (χ1) is 39.4. The monoisotopic (exact) mass is 1170 g/mol. The molecule has 3 heterocycles. The second kappa shape index (κ2) is 30.9. The lowest BCUT2D eigenvalue weighted by molar-refractivity contribution is -0.142. The Hall–Kier alpha value is -9.52. The van der Waals surface area contributed by atoms with E-state index in [9.17, 15) is 63.0 Å². The molecule has 20 N–H and O–H groups in total. The van der Waals surface area contributed by atoms with Gasteiger partial charge >= 0.3 is 11.9 Å². The summed E-state index contributed by atoms with van der Waals surface area (Å²) in [6, 6.07) is 2.58. The van der Waals surface area contributed by atoms with Crippen LogP contribution in [0.25, 0.3) is 21.8 Å². The molecule has 0 aliphatic rings. The van der Waals surface area contributed by atoms with Crippen molar-refractivity contribution in [2.75, 3.05) is 18.8 Å². The van der Waals surface area contributed by atoms with E-state index in [1.54, 1.807) is 36.7 Å². The third-order valence-electron chi connectivity index (χ3n) is 13.0. The number of thiol groups is 1. The van der Waals surface area contributed by atoms with Crippen LogP contribution in [0.1, 0.15) is 55.8 Å². The zero-order valence-corrected chi connectivity index (χ0v) is 46.2. The number of imidazole rings is 1. The number of fused-ring (bicyclic) bond motifs is 2. The van der Waals surface area contributed by atoms with Gasteiger partial charge < -0.3 is 90.2 Å². The lowest BCUT2D eigenvalue weighted by Gasteiger charge is -2.25. The van der Waals surface area contributed by atoms with E-state index in [1.165, 1.54) is 19.4 Å². The minimum absolute atomic E-state index is 0.0410. The molecule has 3 aromatic heterocycles. The van der Waals surface area contributed by atoms with E-state index in [1.807, 2.05) is 35.9 Å². The van der Waals surface area contributed by atoms with Crippen LogP contribution < -0.4 is 65.5 Å². The van der Waals surface area contributed by atoms with E-state index in [2.05, 4.69) is 75.1 Å². The summed E-state index contributed by atoms with van der Waals surface area (Å²) in [6.07, 6.45) is 3.91. The van der Waals surface area contributed by atoms with Crippen molar-refractivity contribution >= 4 is 105 Å². The molecule has 83 heavy (non-hydrogen) atoms. The predicted octanol–water partition coefficient (Wildman–Crippen LogP) is -3.92. The van der Waals surface area contributed by atoms with Crippen molar-refractivity contribution < 1.29 is 63.0 Å². The number of carbonyl (C=O) groups is 11. The first kappa shape index (κ1) is 64.3. The SMILES string of the molecule is C[C@H](NC(=O)CNC(=O)[C@H](Cc1c[nH]c2ccccc12)NC(=O)[C@H](CC(=O)O)NC(=O)[C@H](CCC(N)=O)NC(=O)[C@@H](N)Cc1cn(C)c2ccccc12)C(=O)N[C@@H](Cc1cnc[nH]1)C(=O)N[C@@H](CCCN=C(N)N)C(=O)N[C@@H](CS)C(=O)O.